The van der Waals surface area contributed by atoms with E-state index in [-0.39, 0.29) is 0 Å². The van der Waals surface area contributed by atoms with Crippen LogP contribution in [0.25, 0.3) is 0 Å². The normalized spacial score (nSPS) is 21.2. The molecule has 1 aliphatic heterocycles. The number of hydrogen-bond donors (Lipinski definition) is 1. The van der Waals surface area contributed by atoms with E-state index in [1.165, 1.54) is 28.8 Å². The van der Waals surface area contributed by atoms with Crippen molar-refractivity contribution >= 4 is 0 Å². The van der Waals surface area contributed by atoms with Crippen molar-refractivity contribution in [3.63, 3.8) is 0 Å². The number of rotatable bonds is 3. The zero-order valence-electron chi connectivity index (χ0n) is 12.2. The molecule has 0 unspecified atom stereocenters. The fourth-order valence-corrected chi connectivity index (χ4v) is 2.94. The lowest BCUT2D eigenvalue weighted by Crippen LogP contribution is -2.48. The van der Waals surface area contributed by atoms with Crippen LogP contribution >= 0.6 is 0 Å². The molecule has 18 heavy (non-hydrogen) atoms. The van der Waals surface area contributed by atoms with Crippen LogP contribution in [0, 0.1) is 13.8 Å². The lowest BCUT2D eigenvalue weighted by molar-refractivity contribution is 0.199. The highest BCUT2D eigenvalue weighted by atomic mass is 15.2. The van der Waals surface area contributed by atoms with Crippen LogP contribution in [0.1, 0.15) is 36.1 Å². The fraction of sp³-hybridized carbons (Fsp3) is 0.625. The van der Waals surface area contributed by atoms with Crippen LogP contribution in [0.4, 0.5) is 0 Å². The van der Waals surface area contributed by atoms with Gasteiger partial charge in [0.25, 0.3) is 0 Å². The van der Waals surface area contributed by atoms with Gasteiger partial charge in [-0.05, 0) is 43.9 Å². The first-order valence-corrected chi connectivity index (χ1v) is 7.15. The van der Waals surface area contributed by atoms with Gasteiger partial charge in [0.15, 0.2) is 0 Å². The Balaban J connectivity index is 2.15. The molecule has 0 saturated carbocycles. The minimum absolute atomic E-state index is 0.620. The molecule has 1 aromatic carbocycles. The fourth-order valence-electron chi connectivity index (χ4n) is 2.94. The van der Waals surface area contributed by atoms with Crippen LogP contribution in [0.3, 0.4) is 0 Å². The molecule has 0 radical (unpaired) electrons. The van der Waals surface area contributed by atoms with Crippen molar-refractivity contribution in [2.45, 2.75) is 46.7 Å². The maximum Gasteiger partial charge on any atom is 0.0237 e. The van der Waals surface area contributed by atoms with E-state index in [1.54, 1.807) is 0 Å². The average Bonchev–Trinajstić information content (AvgIpc) is 2.33. The van der Waals surface area contributed by atoms with Crippen molar-refractivity contribution in [1.29, 1.82) is 0 Å². The van der Waals surface area contributed by atoms with E-state index in [9.17, 15) is 0 Å². The maximum absolute atomic E-state index is 3.50. The molecule has 2 heteroatoms. The second-order valence-corrected chi connectivity index (χ2v) is 5.65. The molecular weight excluding hydrogens is 220 g/mol. The zero-order chi connectivity index (χ0) is 13.1. The first-order valence-electron chi connectivity index (χ1n) is 7.15. The smallest absolute Gasteiger partial charge is 0.0237 e. The minimum atomic E-state index is 0.620. The molecule has 1 aromatic rings. The van der Waals surface area contributed by atoms with Gasteiger partial charge in [0.2, 0.25) is 0 Å². The molecule has 1 fully saturated rings. The van der Waals surface area contributed by atoms with Crippen LogP contribution in [-0.4, -0.2) is 30.6 Å². The summed E-state index contributed by atoms with van der Waals surface area (Å²) >= 11 is 0. The van der Waals surface area contributed by atoms with Crippen molar-refractivity contribution in [3.8, 4) is 0 Å². The SMILES string of the molecule is CCc1cc(C)cc(CN2CCN[C@@H](C)C2)c1C. The molecule has 1 aliphatic rings. The van der Waals surface area contributed by atoms with Gasteiger partial charge in [-0.25, -0.2) is 0 Å². The Morgan fingerprint density at radius 2 is 2.00 bits per heavy atom. The van der Waals surface area contributed by atoms with Crippen molar-refractivity contribution < 1.29 is 0 Å². The van der Waals surface area contributed by atoms with Gasteiger partial charge in [-0.3, -0.25) is 4.90 Å². The van der Waals surface area contributed by atoms with Crippen molar-refractivity contribution in [3.05, 3.63) is 34.4 Å². The number of benzene rings is 1. The van der Waals surface area contributed by atoms with Gasteiger partial charge >= 0.3 is 0 Å². The van der Waals surface area contributed by atoms with Crippen LogP contribution in [0.5, 0.6) is 0 Å². The van der Waals surface area contributed by atoms with Crippen LogP contribution < -0.4 is 5.32 Å². The van der Waals surface area contributed by atoms with E-state index >= 15 is 0 Å². The van der Waals surface area contributed by atoms with Crippen molar-refractivity contribution in [1.82, 2.24) is 10.2 Å². The van der Waals surface area contributed by atoms with Gasteiger partial charge in [-0.15, -0.1) is 0 Å². The van der Waals surface area contributed by atoms with E-state index in [0.717, 1.165) is 26.1 Å². The largest absolute Gasteiger partial charge is 0.312 e. The Hall–Kier alpha value is -0.860. The third-order valence-corrected chi connectivity index (χ3v) is 3.99. The average molecular weight is 246 g/mol. The lowest BCUT2D eigenvalue weighted by atomic mass is 9.97. The number of nitrogens with zero attached hydrogens (tertiary/aromatic N) is 1. The van der Waals surface area contributed by atoms with Crippen LogP contribution in [-0.2, 0) is 13.0 Å². The quantitative estimate of drug-likeness (QED) is 0.882. The molecule has 0 bridgehead atoms. The molecule has 0 aliphatic carbocycles. The van der Waals surface area contributed by atoms with Crippen LogP contribution in [0.2, 0.25) is 0 Å². The molecule has 2 rings (SSSR count). The summed E-state index contributed by atoms with van der Waals surface area (Å²) in [6.07, 6.45) is 1.14. The Labute approximate surface area is 111 Å². The Morgan fingerprint density at radius 3 is 2.67 bits per heavy atom. The minimum Gasteiger partial charge on any atom is -0.312 e. The van der Waals surface area contributed by atoms with Crippen molar-refractivity contribution in [2.24, 2.45) is 0 Å². The Kier molecular flexibility index (Phi) is 4.41. The first kappa shape index (κ1) is 13.6. The monoisotopic (exact) mass is 246 g/mol. The maximum atomic E-state index is 3.50. The molecule has 0 amide bonds. The van der Waals surface area contributed by atoms with Crippen LogP contribution in [0.15, 0.2) is 12.1 Å². The Morgan fingerprint density at radius 1 is 1.28 bits per heavy atom. The molecule has 0 aromatic heterocycles. The molecule has 100 valence electrons. The topological polar surface area (TPSA) is 15.3 Å². The third kappa shape index (κ3) is 3.12. The predicted octanol–water partition coefficient (Wildman–Crippen LogP) is 2.66. The lowest BCUT2D eigenvalue weighted by Gasteiger charge is -2.32. The number of piperazine rings is 1. The van der Waals surface area contributed by atoms with E-state index in [2.05, 4.69) is 50.0 Å². The first-order chi connectivity index (χ1) is 8.60. The number of nitrogens with one attached hydrogen (secondary N) is 1. The summed E-state index contributed by atoms with van der Waals surface area (Å²) in [5, 5.41) is 3.50. The van der Waals surface area contributed by atoms with E-state index < -0.39 is 0 Å². The van der Waals surface area contributed by atoms with Gasteiger partial charge in [0.1, 0.15) is 0 Å². The van der Waals surface area contributed by atoms with Gasteiger partial charge in [0, 0.05) is 32.2 Å². The van der Waals surface area contributed by atoms with E-state index in [0.29, 0.717) is 6.04 Å². The summed E-state index contributed by atoms with van der Waals surface area (Å²) in [5.74, 6) is 0. The summed E-state index contributed by atoms with van der Waals surface area (Å²) in [5.41, 5.74) is 5.92. The van der Waals surface area contributed by atoms with Crippen molar-refractivity contribution in [2.75, 3.05) is 19.6 Å². The zero-order valence-corrected chi connectivity index (χ0v) is 12.2. The summed E-state index contributed by atoms with van der Waals surface area (Å²) < 4.78 is 0. The molecular formula is C16H26N2. The summed E-state index contributed by atoms with van der Waals surface area (Å²) in [6, 6.07) is 5.31. The Bertz CT molecular complexity index is 412. The highest BCUT2D eigenvalue weighted by Crippen LogP contribution is 2.19. The van der Waals surface area contributed by atoms with Gasteiger partial charge in [-0.2, -0.15) is 0 Å². The van der Waals surface area contributed by atoms with Gasteiger partial charge in [0.05, 0.1) is 0 Å². The standard InChI is InChI=1S/C16H26N2/c1-5-15-8-12(2)9-16(14(15)4)11-18-7-6-17-13(3)10-18/h8-9,13,17H,5-7,10-11H2,1-4H3/t13-/m0/s1. The summed E-state index contributed by atoms with van der Waals surface area (Å²) in [4.78, 5) is 2.57. The van der Waals surface area contributed by atoms with Gasteiger partial charge in [-0.1, -0.05) is 24.6 Å². The molecule has 1 atom stereocenters. The molecule has 1 heterocycles. The molecule has 2 nitrogen and oxygen atoms in total. The predicted molar refractivity (Wildman–Crippen MR) is 78.0 cm³/mol. The highest BCUT2D eigenvalue weighted by molar-refractivity contribution is 5.38. The number of hydrogen-bond acceptors (Lipinski definition) is 2. The second-order valence-electron chi connectivity index (χ2n) is 5.65. The third-order valence-electron chi connectivity index (χ3n) is 3.99. The van der Waals surface area contributed by atoms with E-state index in [1.807, 2.05) is 0 Å². The summed E-state index contributed by atoms with van der Waals surface area (Å²) in [6.45, 7) is 13.6. The number of aryl methyl sites for hydroxylation is 2. The molecule has 1 saturated heterocycles. The summed E-state index contributed by atoms with van der Waals surface area (Å²) in [7, 11) is 0. The van der Waals surface area contributed by atoms with Gasteiger partial charge < -0.3 is 5.32 Å². The molecule has 0 spiro atoms. The van der Waals surface area contributed by atoms with E-state index in [4.69, 9.17) is 0 Å². The molecule has 1 N–H and O–H groups in total. The highest BCUT2D eigenvalue weighted by Gasteiger charge is 2.16. The second kappa shape index (κ2) is 5.85.